The van der Waals surface area contributed by atoms with Gasteiger partial charge in [0.05, 0.1) is 16.6 Å². The zero-order valence-corrected chi connectivity index (χ0v) is 12.8. The van der Waals surface area contributed by atoms with Crippen molar-refractivity contribution in [3.05, 3.63) is 28.5 Å². The second-order valence-electron chi connectivity index (χ2n) is 4.84. The first kappa shape index (κ1) is 16.0. The van der Waals surface area contributed by atoms with Gasteiger partial charge in [-0.3, -0.25) is 0 Å². The summed E-state index contributed by atoms with van der Waals surface area (Å²) in [5.41, 5.74) is 0.469. The standard InChI is InChI=1S/C14H18F3N3S/c1-3-19(4-2)7-8-20-12-6-5-10(14(15,16)17)9-11(12)18-13(20)21/h5-6,9H,3-4,7-8H2,1-2H3,(H,18,21). The number of nitrogens with zero attached hydrogens (tertiary/aromatic N) is 2. The third kappa shape index (κ3) is 3.47. The second kappa shape index (κ2) is 6.19. The molecule has 0 atom stereocenters. The van der Waals surface area contributed by atoms with E-state index in [1.54, 1.807) is 0 Å². The fourth-order valence-corrected chi connectivity index (χ4v) is 2.64. The highest BCUT2D eigenvalue weighted by molar-refractivity contribution is 7.71. The average molecular weight is 317 g/mol. The highest BCUT2D eigenvalue weighted by Gasteiger charge is 2.30. The van der Waals surface area contributed by atoms with Crippen molar-refractivity contribution in [2.24, 2.45) is 0 Å². The van der Waals surface area contributed by atoms with Gasteiger partial charge in [-0.25, -0.2) is 0 Å². The van der Waals surface area contributed by atoms with E-state index < -0.39 is 11.7 Å². The van der Waals surface area contributed by atoms with Gasteiger partial charge in [-0.1, -0.05) is 13.8 Å². The average Bonchev–Trinajstić information content (AvgIpc) is 2.74. The van der Waals surface area contributed by atoms with Crippen LogP contribution in [0.3, 0.4) is 0 Å². The predicted molar refractivity (Wildman–Crippen MR) is 79.9 cm³/mol. The first-order chi connectivity index (χ1) is 9.86. The first-order valence-corrected chi connectivity index (χ1v) is 7.29. The van der Waals surface area contributed by atoms with E-state index in [0.29, 0.717) is 22.3 Å². The normalized spacial score (nSPS) is 12.5. The van der Waals surface area contributed by atoms with Gasteiger partial charge in [-0.05, 0) is 43.5 Å². The van der Waals surface area contributed by atoms with Crippen molar-refractivity contribution in [1.29, 1.82) is 0 Å². The molecule has 116 valence electrons. The fraction of sp³-hybridized carbons (Fsp3) is 0.500. The molecule has 0 fully saturated rings. The summed E-state index contributed by atoms with van der Waals surface area (Å²) in [5.74, 6) is 0. The number of nitrogens with one attached hydrogen (secondary N) is 1. The van der Waals surface area contributed by atoms with Crippen molar-refractivity contribution < 1.29 is 13.2 Å². The first-order valence-electron chi connectivity index (χ1n) is 6.89. The molecule has 0 bridgehead atoms. The van der Waals surface area contributed by atoms with Gasteiger partial charge in [0.15, 0.2) is 4.77 Å². The number of hydrogen-bond acceptors (Lipinski definition) is 2. The van der Waals surface area contributed by atoms with E-state index in [-0.39, 0.29) is 0 Å². The van der Waals surface area contributed by atoms with E-state index in [1.165, 1.54) is 6.07 Å². The van der Waals surface area contributed by atoms with E-state index in [4.69, 9.17) is 12.2 Å². The lowest BCUT2D eigenvalue weighted by Gasteiger charge is -2.18. The molecular weight excluding hydrogens is 299 g/mol. The van der Waals surface area contributed by atoms with Crippen LogP contribution in [0.4, 0.5) is 13.2 Å². The summed E-state index contributed by atoms with van der Waals surface area (Å²) < 4.78 is 40.5. The summed E-state index contributed by atoms with van der Waals surface area (Å²) in [4.78, 5) is 5.10. The highest BCUT2D eigenvalue weighted by Crippen LogP contribution is 2.31. The molecule has 2 rings (SSSR count). The maximum Gasteiger partial charge on any atom is 0.416 e. The SMILES string of the molecule is CCN(CC)CCn1c(=S)[nH]c2cc(C(F)(F)F)ccc21. The van der Waals surface area contributed by atoms with Gasteiger partial charge in [-0.15, -0.1) is 0 Å². The van der Waals surface area contributed by atoms with Crippen molar-refractivity contribution in [2.45, 2.75) is 26.6 Å². The molecule has 0 aliphatic rings. The topological polar surface area (TPSA) is 24.0 Å². The van der Waals surface area contributed by atoms with E-state index in [9.17, 15) is 13.2 Å². The van der Waals surface area contributed by atoms with Gasteiger partial charge < -0.3 is 14.5 Å². The number of imidazole rings is 1. The summed E-state index contributed by atoms with van der Waals surface area (Å²) in [5, 5.41) is 0. The van der Waals surface area contributed by atoms with Crippen LogP contribution in [0.5, 0.6) is 0 Å². The molecule has 1 heterocycles. The summed E-state index contributed by atoms with van der Waals surface area (Å²) in [6.45, 7) is 7.50. The van der Waals surface area contributed by atoms with Crippen LogP contribution in [0, 0.1) is 4.77 Å². The molecule has 0 aliphatic carbocycles. The maximum absolute atomic E-state index is 12.7. The Morgan fingerprint density at radius 3 is 2.48 bits per heavy atom. The molecule has 2 aromatic rings. The molecule has 1 aromatic heterocycles. The summed E-state index contributed by atoms with van der Waals surface area (Å²) in [6, 6.07) is 3.69. The smallest absolute Gasteiger partial charge is 0.331 e. The van der Waals surface area contributed by atoms with E-state index in [2.05, 4.69) is 23.7 Å². The van der Waals surface area contributed by atoms with Gasteiger partial charge in [-0.2, -0.15) is 13.2 Å². The number of fused-ring (bicyclic) bond motifs is 1. The minimum atomic E-state index is -4.34. The van der Waals surface area contributed by atoms with Crippen LogP contribution < -0.4 is 0 Å². The number of halogens is 3. The van der Waals surface area contributed by atoms with Crippen molar-refractivity contribution in [3.63, 3.8) is 0 Å². The maximum atomic E-state index is 12.7. The minimum absolute atomic E-state index is 0.425. The Kier molecular flexibility index (Phi) is 4.73. The number of likely N-dealkylation sites (N-methyl/N-ethyl adjacent to an activating group) is 1. The van der Waals surface area contributed by atoms with Gasteiger partial charge >= 0.3 is 6.18 Å². The largest absolute Gasteiger partial charge is 0.416 e. The molecule has 0 spiro atoms. The molecule has 0 radical (unpaired) electrons. The number of hydrogen-bond donors (Lipinski definition) is 1. The molecular formula is C14H18F3N3S. The number of aromatic nitrogens is 2. The zero-order chi connectivity index (χ0) is 15.6. The molecule has 0 amide bonds. The Hall–Kier alpha value is -1.34. The lowest BCUT2D eigenvalue weighted by Crippen LogP contribution is -2.27. The predicted octanol–water partition coefficient (Wildman–Crippen LogP) is 4.06. The molecule has 1 aromatic carbocycles. The van der Waals surface area contributed by atoms with Crippen molar-refractivity contribution >= 4 is 23.3 Å². The summed E-state index contributed by atoms with van der Waals surface area (Å²) in [7, 11) is 0. The van der Waals surface area contributed by atoms with Crippen LogP contribution in [0.25, 0.3) is 11.0 Å². The molecule has 0 unspecified atom stereocenters. The van der Waals surface area contributed by atoms with Crippen LogP contribution in [-0.4, -0.2) is 34.1 Å². The van der Waals surface area contributed by atoms with E-state index >= 15 is 0 Å². The van der Waals surface area contributed by atoms with Crippen LogP contribution in [-0.2, 0) is 12.7 Å². The van der Waals surface area contributed by atoms with E-state index in [1.807, 2.05) is 4.57 Å². The lowest BCUT2D eigenvalue weighted by molar-refractivity contribution is -0.137. The van der Waals surface area contributed by atoms with Crippen LogP contribution in [0.1, 0.15) is 19.4 Å². The number of H-pyrrole nitrogens is 1. The molecule has 0 saturated carbocycles. The minimum Gasteiger partial charge on any atom is -0.331 e. The van der Waals surface area contributed by atoms with Gasteiger partial charge in [0.25, 0.3) is 0 Å². The third-order valence-corrected chi connectivity index (χ3v) is 3.96. The van der Waals surface area contributed by atoms with Crippen molar-refractivity contribution in [3.8, 4) is 0 Å². The van der Waals surface area contributed by atoms with Gasteiger partial charge in [0, 0.05) is 13.1 Å². The van der Waals surface area contributed by atoms with E-state index in [0.717, 1.165) is 31.8 Å². The number of benzene rings is 1. The molecule has 0 saturated heterocycles. The van der Waals surface area contributed by atoms with Gasteiger partial charge in [0.2, 0.25) is 0 Å². The second-order valence-corrected chi connectivity index (χ2v) is 5.23. The van der Waals surface area contributed by atoms with Crippen LogP contribution >= 0.6 is 12.2 Å². The van der Waals surface area contributed by atoms with Crippen LogP contribution in [0.15, 0.2) is 18.2 Å². The Morgan fingerprint density at radius 2 is 1.90 bits per heavy atom. The summed E-state index contributed by atoms with van der Waals surface area (Å²) >= 11 is 5.22. The van der Waals surface area contributed by atoms with Crippen LogP contribution in [0.2, 0.25) is 0 Å². The highest BCUT2D eigenvalue weighted by atomic mass is 32.1. The Labute approximate surface area is 126 Å². The molecule has 1 N–H and O–H groups in total. The molecule has 3 nitrogen and oxygen atoms in total. The lowest BCUT2D eigenvalue weighted by atomic mass is 10.2. The Morgan fingerprint density at radius 1 is 1.24 bits per heavy atom. The summed E-state index contributed by atoms with van der Waals surface area (Å²) in [6.07, 6.45) is -4.34. The van der Waals surface area contributed by atoms with Crippen molar-refractivity contribution in [2.75, 3.05) is 19.6 Å². The quantitative estimate of drug-likeness (QED) is 0.841. The van der Waals surface area contributed by atoms with Crippen molar-refractivity contribution in [1.82, 2.24) is 14.5 Å². The fourth-order valence-electron chi connectivity index (χ4n) is 2.34. The van der Waals surface area contributed by atoms with Gasteiger partial charge in [0.1, 0.15) is 0 Å². The zero-order valence-electron chi connectivity index (χ0n) is 12.0. The number of alkyl halides is 3. The third-order valence-electron chi connectivity index (χ3n) is 3.64. The molecule has 7 heteroatoms. The molecule has 0 aliphatic heterocycles. The molecule has 21 heavy (non-hydrogen) atoms. The monoisotopic (exact) mass is 317 g/mol. The number of rotatable bonds is 5. The number of aromatic amines is 1. The Bertz CT molecular complexity index is 668. The Balaban J connectivity index is 2.33.